The fourth-order valence-corrected chi connectivity index (χ4v) is 3.45. The highest BCUT2D eigenvalue weighted by Crippen LogP contribution is 2.22. The number of nitrogens with one attached hydrogen (secondary N) is 1. The summed E-state index contributed by atoms with van der Waals surface area (Å²) in [4.78, 5) is 14.1. The molecule has 8 heteroatoms. The summed E-state index contributed by atoms with van der Waals surface area (Å²) in [5.41, 5.74) is 0.323. The van der Waals surface area contributed by atoms with Gasteiger partial charge >= 0.3 is 6.03 Å². The molecule has 3 rings (SSSR count). The maximum Gasteiger partial charge on any atom is 0.321 e. The number of ether oxygens (including phenoxy) is 1. The second-order valence-electron chi connectivity index (χ2n) is 5.96. The van der Waals surface area contributed by atoms with Crippen LogP contribution < -0.4 is 10.1 Å². The van der Waals surface area contributed by atoms with Gasteiger partial charge in [0, 0.05) is 29.9 Å². The van der Waals surface area contributed by atoms with Crippen molar-refractivity contribution < 1.29 is 18.1 Å². The molecule has 2 aromatic carbocycles. The summed E-state index contributed by atoms with van der Waals surface area (Å²) in [6.45, 7) is 0.984. The number of urea groups is 1. The number of hydrogen-bond donors (Lipinski definition) is 1. The van der Waals surface area contributed by atoms with E-state index >= 15 is 0 Å². The van der Waals surface area contributed by atoms with Crippen LogP contribution in [0.3, 0.4) is 0 Å². The molecule has 2 unspecified atom stereocenters. The van der Waals surface area contributed by atoms with Gasteiger partial charge in [0.1, 0.15) is 17.7 Å². The first-order valence-corrected chi connectivity index (χ1v) is 9.97. The van der Waals surface area contributed by atoms with Crippen LogP contribution in [0.2, 0.25) is 5.02 Å². The molecule has 0 spiro atoms. The Balaban J connectivity index is 1.57. The fraction of sp³-hybridized carbons (Fsp3) is 0.278. The van der Waals surface area contributed by atoms with Crippen molar-refractivity contribution in [3.63, 3.8) is 0 Å². The molecule has 1 N–H and O–H groups in total. The Labute approximate surface area is 158 Å². The molecule has 2 amide bonds. The standard InChI is InChI=1S/C18H18ClFN2O3S/c1-26(24)17-7-4-13(10-16(17)20)21-18(23)22-9-8-15(11-22)25-14-5-2-12(19)3-6-14/h2-7,10,15H,8-9,11H2,1H3,(H,21,23). The SMILES string of the molecule is CS(=O)c1ccc(NC(=O)N2CCC(Oc3ccc(Cl)cc3)C2)cc1F. The summed E-state index contributed by atoms with van der Waals surface area (Å²) < 4.78 is 31.1. The number of carbonyl (C=O) groups is 1. The maximum absolute atomic E-state index is 13.9. The van der Waals surface area contributed by atoms with Gasteiger partial charge < -0.3 is 15.0 Å². The molecule has 1 saturated heterocycles. The van der Waals surface area contributed by atoms with Gasteiger partial charge in [-0.2, -0.15) is 0 Å². The molecular weight excluding hydrogens is 379 g/mol. The number of benzene rings is 2. The lowest BCUT2D eigenvalue weighted by atomic mass is 10.3. The van der Waals surface area contributed by atoms with Crippen LogP contribution >= 0.6 is 11.6 Å². The van der Waals surface area contributed by atoms with Gasteiger partial charge in [0.2, 0.25) is 0 Å². The smallest absolute Gasteiger partial charge is 0.321 e. The molecule has 1 heterocycles. The van der Waals surface area contributed by atoms with Crippen molar-refractivity contribution in [3.05, 3.63) is 53.3 Å². The van der Waals surface area contributed by atoms with Gasteiger partial charge in [-0.25, -0.2) is 9.18 Å². The van der Waals surface area contributed by atoms with E-state index in [1.54, 1.807) is 29.2 Å². The van der Waals surface area contributed by atoms with Crippen LogP contribution in [0.4, 0.5) is 14.9 Å². The lowest BCUT2D eigenvalue weighted by molar-refractivity contribution is 0.195. The first-order valence-electron chi connectivity index (χ1n) is 8.03. The minimum absolute atomic E-state index is 0.108. The summed E-state index contributed by atoms with van der Waals surface area (Å²) in [6.07, 6.45) is 2.00. The molecule has 26 heavy (non-hydrogen) atoms. The van der Waals surface area contributed by atoms with E-state index in [2.05, 4.69) is 5.32 Å². The van der Waals surface area contributed by atoms with Crippen molar-refractivity contribution >= 4 is 34.1 Å². The summed E-state index contributed by atoms with van der Waals surface area (Å²) in [5, 5.41) is 3.29. The number of hydrogen-bond acceptors (Lipinski definition) is 3. The average Bonchev–Trinajstić information content (AvgIpc) is 3.05. The molecule has 0 aromatic heterocycles. The largest absolute Gasteiger partial charge is 0.489 e. The van der Waals surface area contributed by atoms with Gasteiger partial charge in [0.05, 0.1) is 22.2 Å². The van der Waals surface area contributed by atoms with E-state index in [1.807, 2.05) is 0 Å². The Bertz CT molecular complexity index is 832. The molecule has 0 saturated carbocycles. The summed E-state index contributed by atoms with van der Waals surface area (Å²) in [6, 6.07) is 10.9. The second-order valence-corrected chi connectivity index (χ2v) is 7.74. The molecule has 5 nitrogen and oxygen atoms in total. The second kappa shape index (κ2) is 8.05. The van der Waals surface area contributed by atoms with Crippen LogP contribution in [-0.2, 0) is 10.8 Å². The van der Waals surface area contributed by atoms with Crippen LogP contribution in [0.1, 0.15) is 6.42 Å². The third-order valence-electron chi connectivity index (χ3n) is 4.04. The van der Waals surface area contributed by atoms with Crippen molar-refractivity contribution in [1.82, 2.24) is 4.90 Å². The number of halogens is 2. The number of anilines is 1. The zero-order valence-electron chi connectivity index (χ0n) is 14.1. The Morgan fingerprint density at radius 2 is 2.04 bits per heavy atom. The molecule has 1 fully saturated rings. The van der Waals surface area contributed by atoms with E-state index < -0.39 is 16.6 Å². The molecule has 138 valence electrons. The molecule has 0 radical (unpaired) electrons. The molecular formula is C18H18ClFN2O3S. The predicted octanol–water partition coefficient (Wildman–Crippen LogP) is 3.90. The highest BCUT2D eigenvalue weighted by atomic mass is 35.5. The van der Waals surface area contributed by atoms with Gasteiger partial charge in [-0.3, -0.25) is 4.21 Å². The first-order chi connectivity index (χ1) is 12.4. The summed E-state index contributed by atoms with van der Waals surface area (Å²) in [7, 11) is -1.41. The number of nitrogens with zero attached hydrogens (tertiary/aromatic N) is 1. The Morgan fingerprint density at radius 3 is 2.69 bits per heavy atom. The highest BCUT2D eigenvalue weighted by molar-refractivity contribution is 7.84. The fourth-order valence-electron chi connectivity index (χ4n) is 2.73. The van der Waals surface area contributed by atoms with Crippen molar-refractivity contribution in [2.45, 2.75) is 17.4 Å². The van der Waals surface area contributed by atoms with Gasteiger partial charge in [-0.05, 0) is 42.5 Å². The minimum atomic E-state index is -1.41. The van der Waals surface area contributed by atoms with Gasteiger partial charge in [0.25, 0.3) is 0 Å². The van der Waals surface area contributed by atoms with E-state index in [4.69, 9.17) is 16.3 Å². The van der Waals surface area contributed by atoms with E-state index in [-0.39, 0.29) is 17.0 Å². The number of carbonyl (C=O) groups excluding carboxylic acids is 1. The molecule has 2 aromatic rings. The zero-order valence-corrected chi connectivity index (χ0v) is 15.6. The first kappa shape index (κ1) is 18.7. The molecule has 0 aliphatic carbocycles. The van der Waals surface area contributed by atoms with Gasteiger partial charge in [0.15, 0.2) is 0 Å². The number of rotatable bonds is 4. The number of amides is 2. The Kier molecular flexibility index (Phi) is 5.78. The quantitative estimate of drug-likeness (QED) is 0.852. The monoisotopic (exact) mass is 396 g/mol. The maximum atomic E-state index is 13.9. The zero-order chi connectivity index (χ0) is 18.7. The minimum Gasteiger partial charge on any atom is -0.489 e. The predicted molar refractivity (Wildman–Crippen MR) is 99.8 cm³/mol. The van der Waals surface area contributed by atoms with Gasteiger partial charge in [-0.1, -0.05) is 11.6 Å². The lowest BCUT2D eigenvalue weighted by Crippen LogP contribution is -2.34. The van der Waals surface area contributed by atoms with Crippen LogP contribution in [0.5, 0.6) is 5.75 Å². The van der Waals surface area contributed by atoms with Crippen molar-refractivity contribution in [2.75, 3.05) is 24.7 Å². The van der Waals surface area contributed by atoms with E-state index in [0.717, 1.165) is 0 Å². The summed E-state index contributed by atoms with van der Waals surface area (Å²) in [5.74, 6) is 0.0980. The normalized spacial score (nSPS) is 17.8. The van der Waals surface area contributed by atoms with E-state index in [0.29, 0.717) is 36.0 Å². The van der Waals surface area contributed by atoms with Crippen molar-refractivity contribution in [3.8, 4) is 5.75 Å². The molecule has 1 aliphatic heterocycles. The van der Waals surface area contributed by atoms with E-state index in [1.165, 1.54) is 24.5 Å². The van der Waals surface area contributed by atoms with Crippen LogP contribution in [0.15, 0.2) is 47.4 Å². The molecule has 1 aliphatic rings. The highest BCUT2D eigenvalue weighted by Gasteiger charge is 2.27. The molecule has 2 atom stereocenters. The Hall–Kier alpha value is -2.12. The van der Waals surface area contributed by atoms with Crippen LogP contribution in [0, 0.1) is 5.82 Å². The average molecular weight is 397 g/mol. The molecule has 0 bridgehead atoms. The third-order valence-corrected chi connectivity index (χ3v) is 5.24. The third kappa shape index (κ3) is 4.53. The van der Waals surface area contributed by atoms with E-state index in [9.17, 15) is 13.4 Å². The topological polar surface area (TPSA) is 58.6 Å². The van der Waals surface area contributed by atoms with Crippen LogP contribution in [-0.4, -0.2) is 40.6 Å². The lowest BCUT2D eigenvalue weighted by Gasteiger charge is -2.18. The van der Waals surface area contributed by atoms with Crippen molar-refractivity contribution in [1.29, 1.82) is 0 Å². The Morgan fingerprint density at radius 1 is 1.31 bits per heavy atom. The van der Waals surface area contributed by atoms with Crippen molar-refractivity contribution in [2.24, 2.45) is 0 Å². The van der Waals surface area contributed by atoms with Gasteiger partial charge in [-0.15, -0.1) is 0 Å². The number of likely N-dealkylation sites (tertiary alicyclic amines) is 1. The van der Waals surface area contributed by atoms with Crippen LogP contribution in [0.25, 0.3) is 0 Å². The summed E-state index contributed by atoms with van der Waals surface area (Å²) >= 11 is 5.85.